The number of anilines is 1. The van der Waals surface area contributed by atoms with E-state index < -0.39 is 35.9 Å². The normalized spacial score (nSPS) is 16.9. The summed E-state index contributed by atoms with van der Waals surface area (Å²) in [6.45, 7) is 0.0599. The van der Waals surface area contributed by atoms with Crippen LogP contribution in [0.4, 0.5) is 9.93 Å². The summed E-state index contributed by atoms with van der Waals surface area (Å²) >= 11 is 7.32. The summed E-state index contributed by atoms with van der Waals surface area (Å²) in [6.07, 6.45) is -0.0479. The molecule has 0 radical (unpaired) electrons. The van der Waals surface area contributed by atoms with Gasteiger partial charge in [-0.15, -0.1) is 11.3 Å². The van der Waals surface area contributed by atoms with Crippen molar-refractivity contribution in [3.05, 3.63) is 69.7 Å². The molecule has 190 valence electrons. The number of nitrogens with zero attached hydrogens (tertiary/aromatic N) is 2. The zero-order valence-electron chi connectivity index (χ0n) is 19.2. The first-order valence-electron chi connectivity index (χ1n) is 11.0. The van der Waals surface area contributed by atoms with E-state index in [0.29, 0.717) is 27.6 Å². The van der Waals surface area contributed by atoms with Gasteiger partial charge in [0.2, 0.25) is 12.7 Å². The van der Waals surface area contributed by atoms with Crippen molar-refractivity contribution in [2.45, 2.75) is 18.5 Å². The third kappa shape index (κ3) is 4.80. The van der Waals surface area contributed by atoms with Crippen LogP contribution in [0.2, 0.25) is 5.02 Å². The number of thiazole rings is 1. The average molecular weight is 543 g/mol. The van der Waals surface area contributed by atoms with Crippen LogP contribution in [0.3, 0.4) is 0 Å². The molecule has 3 aromatic rings. The maximum Gasteiger partial charge on any atom is 0.357 e. The number of hydrogen-bond donors (Lipinski definition) is 2. The quantitative estimate of drug-likeness (QED) is 0.343. The minimum Gasteiger partial charge on any atom is -0.464 e. The lowest BCUT2D eigenvalue weighted by molar-refractivity contribution is -0.134. The number of amides is 4. The lowest BCUT2D eigenvalue weighted by Gasteiger charge is -2.24. The molecule has 2 N–H and O–H groups in total. The molecule has 2 aromatic carbocycles. The zero-order valence-corrected chi connectivity index (χ0v) is 20.8. The Morgan fingerprint density at radius 3 is 2.81 bits per heavy atom. The molecule has 0 aliphatic carbocycles. The van der Waals surface area contributed by atoms with Gasteiger partial charge in [-0.3, -0.25) is 9.59 Å². The highest BCUT2D eigenvalue weighted by molar-refractivity contribution is 7.14. The lowest BCUT2D eigenvalue weighted by atomic mass is 10.0. The van der Waals surface area contributed by atoms with Crippen molar-refractivity contribution in [1.82, 2.24) is 15.2 Å². The molecule has 2 aliphatic rings. The van der Waals surface area contributed by atoms with Crippen molar-refractivity contribution in [2.75, 3.05) is 19.2 Å². The molecule has 4 amide bonds. The van der Waals surface area contributed by atoms with Gasteiger partial charge in [0.1, 0.15) is 12.1 Å². The first kappa shape index (κ1) is 24.5. The fraction of sp³-hybridized carbons (Fsp3) is 0.208. The molecule has 13 heteroatoms. The average Bonchev–Trinajstić information content (AvgIpc) is 3.62. The van der Waals surface area contributed by atoms with Crippen molar-refractivity contribution in [1.29, 1.82) is 0 Å². The van der Waals surface area contributed by atoms with E-state index in [9.17, 15) is 19.2 Å². The summed E-state index contributed by atoms with van der Waals surface area (Å²) in [6, 6.07) is 8.69. The molecule has 5 rings (SSSR count). The Labute approximate surface area is 219 Å². The minimum absolute atomic E-state index is 0.0170. The van der Waals surface area contributed by atoms with Gasteiger partial charge in [0.25, 0.3) is 5.91 Å². The lowest BCUT2D eigenvalue weighted by Crippen LogP contribution is -2.49. The molecular weight excluding hydrogens is 524 g/mol. The van der Waals surface area contributed by atoms with E-state index in [1.807, 2.05) is 0 Å². The maximum atomic E-state index is 13.5. The molecule has 1 unspecified atom stereocenters. The molecule has 37 heavy (non-hydrogen) atoms. The predicted octanol–water partition coefficient (Wildman–Crippen LogP) is 3.15. The molecule has 2 atom stereocenters. The Bertz CT molecular complexity index is 1410. The molecule has 0 saturated carbocycles. The third-order valence-corrected chi connectivity index (χ3v) is 6.94. The van der Waals surface area contributed by atoms with Gasteiger partial charge in [0.05, 0.1) is 7.11 Å². The molecule has 2 aliphatic heterocycles. The highest BCUT2D eigenvalue weighted by Gasteiger charge is 2.46. The summed E-state index contributed by atoms with van der Waals surface area (Å²) < 4.78 is 15.3. The molecule has 11 nitrogen and oxygen atoms in total. The highest BCUT2D eigenvalue weighted by Crippen LogP contribution is 2.36. The topological polar surface area (TPSA) is 136 Å². The second-order valence-electron chi connectivity index (χ2n) is 8.03. The van der Waals surface area contributed by atoms with Crippen LogP contribution in [0, 0.1) is 0 Å². The van der Waals surface area contributed by atoms with Gasteiger partial charge in [-0.2, -0.15) is 0 Å². The van der Waals surface area contributed by atoms with Gasteiger partial charge in [0.15, 0.2) is 22.3 Å². The molecule has 0 bridgehead atoms. The van der Waals surface area contributed by atoms with Crippen molar-refractivity contribution in [2.24, 2.45) is 0 Å². The van der Waals surface area contributed by atoms with Gasteiger partial charge in [-0.05, 0) is 29.3 Å². The van der Waals surface area contributed by atoms with Crippen LogP contribution in [-0.2, 0) is 20.7 Å². The number of carbonyl (C=O) groups is 4. The summed E-state index contributed by atoms with van der Waals surface area (Å²) in [5.41, 5.74) is 1.05. The predicted molar refractivity (Wildman–Crippen MR) is 132 cm³/mol. The molecule has 1 fully saturated rings. The number of rotatable bonds is 7. The fourth-order valence-electron chi connectivity index (χ4n) is 4.00. The Kier molecular flexibility index (Phi) is 6.68. The number of benzene rings is 2. The van der Waals surface area contributed by atoms with Gasteiger partial charge in [-0.1, -0.05) is 35.9 Å². The summed E-state index contributed by atoms with van der Waals surface area (Å²) in [4.78, 5) is 56.7. The zero-order chi connectivity index (χ0) is 26.1. The number of hydrogen-bond acceptors (Lipinski definition) is 9. The van der Waals surface area contributed by atoms with Crippen LogP contribution >= 0.6 is 22.9 Å². The van der Waals surface area contributed by atoms with Crippen LogP contribution < -0.4 is 20.1 Å². The fourth-order valence-corrected chi connectivity index (χ4v) is 4.89. The molecule has 1 aromatic heterocycles. The number of carbonyl (C=O) groups excluding carboxylic acids is 4. The van der Waals surface area contributed by atoms with Crippen molar-refractivity contribution in [3.63, 3.8) is 0 Å². The number of fused-ring (bicyclic) bond motifs is 1. The van der Waals surface area contributed by atoms with E-state index >= 15 is 0 Å². The van der Waals surface area contributed by atoms with Gasteiger partial charge in [-0.25, -0.2) is 19.5 Å². The molecule has 1 saturated heterocycles. The minimum atomic E-state index is -1.27. The Hall–Kier alpha value is -4.16. The third-order valence-electron chi connectivity index (χ3n) is 5.82. The Morgan fingerprint density at radius 2 is 2.03 bits per heavy atom. The second-order valence-corrected chi connectivity index (χ2v) is 9.30. The second kappa shape index (κ2) is 10.1. The number of ether oxygens (including phenoxy) is 3. The van der Waals surface area contributed by atoms with Gasteiger partial charge in [0, 0.05) is 16.8 Å². The van der Waals surface area contributed by atoms with Crippen LogP contribution in [0.15, 0.2) is 47.8 Å². The summed E-state index contributed by atoms with van der Waals surface area (Å²) in [5.74, 6) is -0.979. The molecule has 3 heterocycles. The van der Waals surface area contributed by atoms with E-state index in [4.69, 9.17) is 21.1 Å². The SMILES string of the molecule is COC(=O)c1csc(NC(=O)[C@H](Cc2ccccc2Cl)N2C(=O)NC(c3ccc4c(c3)OCO4)C2=O)n1. The van der Waals surface area contributed by atoms with Crippen molar-refractivity contribution >= 4 is 51.9 Å². The highest BCUT2D eigenvalue weighted by atomic mass is 35.5. The largest absolute Gasteiger partial charge is 0.464 e. The Balaban J connectivity index is 1.44. The van der Waals surface area contributed by atoms with E-state index in [0.717, 1.165) is 16.2 Å². The summed E-state index contributed by atoms with van der Waals surface area (Å²) in [7, 11) is 1.22. The van der Waals surface area contributed by atoms with Crippen molar-refractivity contribution in [3.8, 4) is 11.5 Å². The standard InChI is InChI=1S/C24H19ClN4O7S/c1-34-22(32)15-10-37-23(26-15)28-20(30)16(8-12-4-2-3-5-14(12)25)29-21(31)19(27-24(29)33)13-6-7-17-18(9-13)36-11-35-17/h2-7,9-10,16,19H,8,11H2,1H3,(H,27,33)(H,26,28,30)/t16-,19?/m0/s1. The van der Waals surface area contributed by atoms with Gasteiger partial charge >= 0.3 is 12.0 Å². The number of nitrogens with one attached hydrogen (secondary N) is 2. The van der Waals surface area contributed by atoms with Crippen molar-refractivity contribution < 1.29 is 33.4 Å². The van der Waals surface area contributed by atoms with E-state index in [2.05, 4.69) is 20.4 Å². The van der Waals surface area contributed by atoms with Crippen LogP contribution in [0.1, 0.15) is 27.7 Å². The van der Waals surface area contributed by atoms with Gasteiger partial charge < -0.3 is 24.8 Å². The number of esters is 1. The summed E-state index contributed by atoms with van der Waals surface area (Å²) in [5, 5.41) is 7.14. The van der Waals surface area contributed by atoms with E-state index in [1.54, 1.807) is 42.5 Å². The van der Waals surface area contributed by atoms with E-state index in [-0.39, 0.29) is 24.0 Å². The number of halogens is 1. The smallest absolute Gasteiger partial charge is 0.357 e. The van der Waals surface area contributed by atoms with Crippen LogP contribution in [0.5, 0.6) is 11.5 Å². The molecular formula is C24H19ClN4O7S. The number of urea groups is 1. The number of aromatic nitrogens is 1. The first-order valence-corrected chi connectivity index (χ1v) is 12.2. The van der Waals surface area contributed by atoms with Crippen LogP contribution in [-0.4, -0.2) is 53.6 Å². The monoisotopic (exact) mass is 542 g/mol. The maximum absolute atomic E-state index is 13.5. The van der Waals surface area contributed by atoms with E-state index in [1.165, 1.54) is 12.5 Å². The number of methoxy groups -OCH3 is 1. The van der Waals surface area contributed by atoms with Crippen LogP contribution in [0.25, 0.3) is 0 Å². The first-order chi connectivity index (χ1) is 17.9. The molecule has 0 spiro atoms. The number of imide groups is 1. The Morgan fingerprint density at radius 1 is 1.24 bits per heavy atom.